The standard InChI is InChI=1S/C8H14NO.C8H13NO.3C4H9.Sn/c2*1-3-8(10)4-6-9(2)7-5-8;3*1-3-4-2;/h1,3,10H,4-7H2,2H3;1,10H,4-7H2,2H3;3*1,3-4H2,2H3;. The number of hydrogen-bond acceptors (Lipinski definition) is 4. The molecule has 2 fully saturated rings. The van der Waals surface area contributed by atoms with Gasteiger partial charge in [0.2, 0.25) is 0 Å². The summed E-state index contributed by atoms with van der Waals surface area (Å²) in [6.07, 6.45) is 18.8. The third-order valence-electron chi connectivity index (χ3n) is 7.77. The van der Waals surface area contributed by atoms with Crippen LogP contribution < -0.4 is 0 Å². The SMILES string of the molecule is C#CC1(O)CCN(C)CC1.CCC[CH2][Sn](/[CH]=C/C1(O)CCN(C)CC1)([CH2]CCC)[CH2]CCC. The van der Waals surface area contributed by atoms with Crippen molar-refractivity contribution in [3.05, 3.63) is 10.2 Å². The van der Waals surface area contributed by atoms with Gasteiger partial charge in [-0.25, -0.2) is 0 Å². The van der Waals surface area contributed by atoms with Gasteiger partial charge in [-0.3, -0.25) is 0 Å². The van der Waals surface area contributed by atoms with E-state index in [9.17, 15) is 10.2 Å². The van der Waals surface area contributed by atoms with Crippen molar-refractivity contribution < 1.29 is 10.2 Å². The quantitative estimate of drug-likeness (QED) is 0.256. The van der Waals surface area contributed by atoms with Crippen molar-refractivity contribution in [2.75, 3.05) is 40.3 Å². The molecule has 0 aromatic rings. The Labute approximate surface area is 210 Å². The Morgan fingerprint density at radius 2 is 1.18 bits per heavy atom. The zero-order valence-corrected chi connectivity index (χ0v) is 25.4. The van der Waals surface area contributed by atoms with E-state index < -0.39 is 29.6 Å². The van der Waals surface area contributed by atoms with E-state index in [2.05, 4.69) is 53.7 Å². The molecule has 5 heteroatoms. The third kappa shape index (κ3) is 12.0. The fraction of sp³-hybridized carbons (Fsp3) is 0.857. The summed E-state index contributed by atoms with van der Waals surface area (Å²) >= 11 is -2.22. The van der Waals surface area contributed by atoms with Gasteiger partial charge in [0, 0.05) is 25.9 Å². The first kappa shape index (κ1) is 31.0. The summed E-state index contributed by atoms with van der Waals surface area (Å²) in [4.78, 5) is 4.51. The van der Waals surface area contributed by atoms with Crippen molar-refractivity contribution >= 4 is 18.4 Å². The van der Waals surface area contributed by atoms with Crippen LogP contribution in [0.5, 0.6) is 0 Å². The molecule has 2 heterocycles. The molecule has 0 bridgehead atoms. The van der Waals surface area contributed by atoms with Crippen LogP contribution in [0.4, 0.5) is 0 Å². The van der Waals surface area contributed by atoms with E-state index in [1.54, 1.807) is 0 Å². The predicted molar refractivity (Wildman–Crippen MR) is 146 cm³/mol. The Morgan fingerprint density at radius 1 is 0.788 bits per heavy atom. The summed E-state index contributed by atoms with van der Waals surface area (Å²) in [5, 5.41) is 20.5. The molecule has 2 N–H and O–H groups in total. The van der Waals surface area contributed by atoms with E-state index in [1.165, 1.54) is 51.8 Å². The molecule has 2 aliphatic rings. The van der Waals surface area contributed by atoms with Gasteiger partial charge in [0.25, 0.3) is 0 Å². The number of likely N-dealkylation sites (tertiary alicyclic amines) is 2. The van der Waals surface area contributed by atoms with Crippen LogP contribution in [0.3, 0.4) is 0 Å². The molecule has 0 aromatic carbocycles. The van der Waals surface area contributed by atoms with Crippen molar-refractivity contribution in [2.45, 2.75) is 109 Å². The van der Waals surface area contributed by atoms with Crippen LogP contribution >= 0.6 is 0 Å². The minimum atomic E-state index is -2.22. The monoisotopic (exact) mass is 570 g/mol. The second-order valence-corrected chi connectivity index (χ2v) is 23.9. The van der Waals surface area contributed by atoms with Gasteiger partial charge < -0.3 is 10.0 Å². The molecule has 0 atom stereocenters. The molecule has 4 nitrogen and oxygen atoms in total. The van der Waals surface area contributed by atoms with Crippen molar-refractivity contribution in [3.63, 3.8) is 0 Å². The molecule has 0 aliphatic carbocycles. The maximum atomic E-state index is 10.9. The molecule has 0 unspecified atom stereocenters. The third-order valence-corrected chi connectivity index (χ3v) is 21.8. The number of rotatable bonds is 11. The second kappa shape index (κ2) is 15.8. The van der Waals surface area contributed by atoms with Gasteiger partial charge >= 0.3 is 150 Å². The van der Waals surface area contributed by atoms with Crippen LogP contribution in [0.15, 0.2) is 10.2 Å². The molecule has 0 radical (unpaired) electrons. The van der Waals surface area contributed by atoms with Gasteiger partial charge in [-0.2, -0.15) is 0 Å². The summed E-state index contributed by atoms with van der Waals surface area (Å²) in [5.74, 6) is 2.43. The molecular weight excluding hydrogens is 515 g/mol. The molecule has 2 aliphatic heterocycles. The van der Waals surface area contributed by atoms with Crippen LogP contribution in [-0.2, 0) is 0 Å². The van der Waals surface area contributed by atoms with E-state index in [0.29, 0.717) is 12.8 Å². The van der Waals surface area contributed by atoms with E-state index >= 15 is 0 Å². The zero-order chi connectivity index (χ0) is 24.8. The zero-order valence-electron chi connectivity index (χ0n) is 22.5. The normalized spacial score (nSPS) is 21.4. The van der Waals surface area contributed by atoms with Gasteiger partial charge in [0.15, 0.2) is 0 Å². The molecule has 0 spiro atoms. The van der Waals surface area contributed by atoms with Gasteiger partial charge in [-0.05, 0) is 7.05 Å². The summed E-state index contributed by atoms with van der Waals surface area (Å²) in [7, 11) is 4.20. The predicted octanol–water partition coefficient (Wildman–Crippen LogP) is 5.46. The molecule has 0 saturated carbocycles. The Balaban J connectivity index is 0.000000451. The molecule has 192 valence electrons. The van der Waals surface area contributed by atoms with Gasteiger partial charge in [-0.15, -0.1) is 6.42 Å². The number of aliphatic hydroxyl groups is 2. The Bertz CT molecular complexity index is 563. The first-order chi connectivity index (χ1) is 15.7. The number of nitrogens with zero attached hydrogens (tertiary/aromatic N) is 2. The van der Waals surface area contributed by atoms with E-state index in [-0.39, 0.29) is 0 Å². The van der Waals surface area contributed by atoms with Crippen LogP contribution in [0.1, 0.15) is 85.0 Å². The van der Waals surface area contributed by atoms with Gasteiger partial charge in [-0.1, -0.05) is 5.92 Å². The number of hydrogen-bond donors (Lipinski definition) is 2. The summed E-state index contributed by atoms with van der Waals surface area (Å²) in [6, 6.07) is 0. The van der Waals surface area contributed by atoms with Crippen LogP contribution in [0.25, 0.3) is 0 Å². The van der Waals surface area contributed by atoms with Crippen LogP contribution in [-0.4, -0.2) is 89.9 Å². The second-order valence-electron chi connectivity index (χ2n) is 10.9. The Kier molecular flexibility index (Phi) is 14.9. The topological polar surface area (TPSA) is 46.9 Å². The Hall–Kier alpha value is -0.0613. The number of unbranched alkanes of at least 4 members (excludes halogenated alkanes) is 3. The maximum absolute atomic E-state index is 10.9. The molecule has 2 rings (SSSR count). The Morgan fingerprint density at radius 3 is 1.55 bits per heavy atom. The van der Waals surface area contributed by atoms with Crippen molar-refractivity contribution in [2.24, 2.45) is 0 Å². The van der Waals surface area contributed by atoms with E-state index in [1.807, 2.05) is 7.05 Å². The van der Waals surface area contributed by atoms with Gasteiger partial charge in [0.1, 0.15) is 5.60 Å². The number of piperidine rings is 2. The average Bonchev–Trinajstić information content (AvgIpc) is 2.83. The van der Waals surface area contributed by atoms with E-state index in [0.717, 1.165) is 39.0 Å². The molecule has 0 aromatic heterocycles. The average molecular weight is 569 g/mol. The first-order valence-corrected chi connectivity index (χ1v) is 21.4. The first-order valence-electron chi connectivity index (χ1n) is 13.7. The minimum absolute atomic E-state index is 0.515. The molecule has 0 amide bonds. The number of terminal acetylenes is 1. The van der Waals surface area contributed by atoms with Crippen molar-refractivity contribution in [1.29, 1.82) is 0 Å². The molecule has 2 saturated heterocycles. The van der Waals surface area contributed by atoms with E-state index in [4.69, 9.17) is 6.42 Å². The molecular formula is C28H54N2O2Sn. The van der Waals surface area contributed by atoms with Crippen molar-refractivity contribution in [1.82, 2.24) is 9.80 Å². The van der Waals surface area contributed by atoms with Gasteiger partial charge in [0.05, 0.1) is 0 Å². The molecule has 33 heavy (non-hydrogen) atoms. The van der Waals surface area contributed by atoms with Crippen LogP contribution in [0.2, 0.25) is 13.3 Å². The van der Waals surface area contributed by atoms with Crippen molar-refractivity contribution in [3.8, 4) is 12.3 Å². The van der Waals surface area contributed by atoms with Crippen LogP contribution in [0, 0.1) is 12.3 Å². The summed E-state index contributed by atoms with van der Waals surface area (Å²) in [6.45, 7) is 10.8. The summed E-state index contributed by atoms with van der Waals surface area (Å²) in [5.41, 5.74) is -1.33. The fourth-order valence-corrected chi connectivity index (χ4v) is 19.4. The summed E-state index contributed by atoms with van der Waals surface area (Å²) < 4.78 is 7.15. The fourth-order valence-electron chi connectivity index (χ4n) is 4.85.